The molecule has 2 amide bonds. The van der Waals surface area contributed by atoms with E-state index >= 15 is 0 Å². The Labute approximate surface area is 200 Å². The molecule has 0 saturated carbocycles. The van der Waals surface area contributed by atoms with E-state index < -0.39 is 5.54 Å². The van der Waals surface area contributed by atoms with Crippen LogP contribution in [0.4, 0.5) is 0 Å². The van der Waals surface area contributed by atoms with Crippen molar-refractivity contribution >= 4 is 11.8 Å². The molecule has 0 aliphatic carbocycles. The first-order valence-corrected chi connectivity index (χ1v) is 11.5. The lowest BCUT2D eigenvalue weighted by molar-refractivity contribution is -0.132. The van der Waals surface area contributed by atoms with Gasteiger partial charge < -0.3 is 19.7 Å². The van der Waals surface area contributed by atoms with Gasteiger partial charge in [-0.15, -0.1) is 0 Å². The second kappa shape index (κ2) is 10.00. The molecule has 0 bridgehead atoms. The van der Waals surface area contributed by atoms with E-state index in [2.05, 4.69) is 5.32 Å². The van der Waals surface area contributed by atoms with Crippen molar-refractivity contribution in [3.63, 3.8) is 0 Å². The fourth-order valence-corrected chi connectivity index (χ4v) is 4.36. The summed E-state index contributed by atoms with van der Waals surface area (Å²) in [7, 11) is 1.61. The monoisotopic (exact) mass is 458 g/mol. The molecule has 1 heterocycles. The fraction of sp³-hybridized carbons (Fsp3) is 0.286. The molecule has 0 radical (unpaired) electrons. The van der Waals surface area contributed by atoms with E-state index in [0.717, 1.165) is 28.2 Å². The fourth-order valence-electron chi connectivity index (χ4n) is 4.36. The summed E-state index contributed by atoms with van der Waals surface area (Å²) in [4.78, 5) is 28.8. The quantitative estimate of drug-likeness (QED) is 0.544. The van der Waals surface area contributed by atoms with Crippen LogP contribution in [0.5, 0.6) is 11.5 Å². The highest BCUT2D eigenvalue weighted by Crippen LogP contribution is 2.33. The van der Waals surface area contributed by atoms with Crippen molar-refractivity contribution in [1.82, 2.24) is 10.2 Å². The maximum atomic E-state index is 13.6. The highest BCUT2D eigenvalue weighted by atomic mass is 16.5. The first kappa shape index (κ1) is 23.4. The molecular formula is C28H30N2O4. The molecule has 1 atom stereocenters. The summed E-state index contributed by atoms with van der Waals surface area (Å²) in [6.45, 7) is 5.04. The highest BCUT2D eigenvalue weighted by Gasteiger charge is 2.46. The number of ether oxygens (including phenoxy) is 2. The summed E-state index contributed by atoms with van der Waals surface area (Å²) >= 11 is 0. The summed E-state index contributed by atoms with van der Waals surface area (Å²) in [5.41, 5.74) is 2.35. The Hall–Kier alpha value is -3.80. The Balaban J connectivity index is 1.60. The first-order chi connectivity index (χ1) is 16.4. The molecule has 34 heavy (non-hydrogen) atoms. The highest BCUT2D eigenvalue weighted by molar-refractivity contribution is 6.02. The van der Waals surface area contributed by atoms with Crippen molar-refractivity contribution in [1.29, 1.82) is 0 Å². The van der Waals surface area contributed by atoms with Crippen molar-refractivity contribution < 1.29 is 19.1 Å². The van der Waals surface area contributed by atoms with Crippen LogP contribution in [0.1, 0.15) is 40.9 Å². The Kier molecular flexibility index (Phi) is 6.87. The van der Waals surface area contributed by atoms with E-state index in [1.807, 2.05) is 86.6 Å². The lowest BCUT2D eigenvalue weighted by Crippen LogP contribution is -2.62. The Morgan fingerprint density at radius 1 is 1.00 bits per heavy atom. The number of fused-ring (bicyclic) bond motifs is 1. The molecule has 6 nitrogen and oxygen atoms in total. The van der Waals surface area contributed by atoms with Crippen LogP contribution >= 0.6 is 0 Å². The number of methoxy groups -OCH3 is 1. The third kappa shape index (κ3) is 4.76. The van der Waals surface area contributed by atoms with Crippen molar-refractivity contribution in [2.24, 2.45) is 0 Å². The smallest absolute Gasteiger partial charge is 0.255 e. The molecule has 0 unspecified atom stereocenters. The van der Waals surface area contributed by atoms with Gasteiger partial charge in [-0.05, 0) is 60.9 Å². The van der Waals surface area contributed by atoms with Gasteiger partial charge in [0.15, 0.2) is 0 Å². The Bertz CT molecular complexity index is 1180. The zero-order chi connectivity index (χ0) is 24.1. The number of carbonyl (C=O) groups excluding carboxylic acids is 2. The molecule has 0 spiro atoms. The number of benzene rings is 3. The van der Waals surface area contributed by atoms with Crippen LogP contribution in [0.25, 0.3) is 0 Å². The number of rotatable bonds is 8. The van der Waals surface area contributed by atoms with Gasteiger partial charge in [0.25, 0.3) is 5.91 Å². The third-order valence-electron chi connectivity index (χ3n) is 6.27. The summed E-state index contributed by atoms with van der Waals surface area (Å²) in [5.74, 6) is 1.18. The molecule has 0 fully saturated rings. The van der Waals surface area contributed by atoms with E-state index in [0.29, 0.717) is 31.7 Å². The molecule has 1 aliphatic heterocycles. The van der Waals surface area contributed by atoms with E-state index in [4.69, 9.17) is 9.47 Å². The van der Waals surface area contributed by atoms with E-state index in [-0.39, 0.29) is 11.8 Å². The normalized spacial score (nSPS) is 17.1. The maximum absolute atomic E-state index is 13.6. The second-order valence-electron chi connectivity index (χ2n) is 8.61. The van der Waals surface area contributed by atoms with Gasteiger partial charge in [-0.25, -0.2) is 0 Å². The van der Waals surface area contributed by atoms with Crippen LogP contribution in [-0.4, -0.2) is 36.0 Å². The van der Waals surface area contributed by atoms with Crippen LogP contribution in [0, 0.1) is 0 Å². The zero-order valence-electron chi connectivity index (χ0n) is 19.8. The van der Waals surface area contributed by atoms with Gasteiger partial charge >= 0.3 is 0 Å². The molecule has 3 aromatic carbocycles. The van der Waals surface area contributed by atoms with Crippen LogP contribution in [-0.2, 0) is 24.3 Å². The standard InChI is InChI=1S/C28H30N2O4/c1-4-34-23-14-12-20(13-15-23)19-30-26(31)25-11-6-5-9-22(25)17-28(30,2)27(32)29-18-21-8-7-10-24(16-21)33-3/h5-16H,4,17-19H2,1-3H3,(H,29,32)/t28-/m1/s1. The summed E-state index contributed by atoms with van der Waals surface area (Å²) in [5, 5.41) is 3.05. The van der Waals surface area contributed by atoms with Crippen LogP contribution in [0.2, 0.25) is 0 Å². The minimum atomic E-state index is -1.04. The van der Waals surface area contributed by atoms with Gasteiger partial charge in [-0.2, -0.15) is 0 Å². The van der Waals surface area contributed by atoms with Crippen molar-refractivity contribution in [3.05, 3.63) is 95.1 Å². The van der Waals surface area contributed by atoms with Crippen LogP contribution < -0.4 is 14.8 Å². The molecule has 4 rings (SSSR count). The molecule has 176 valence electrons. The van der Waals surface area contributed by atoms with Crippen molar-refractivity contribution in [3.8, 4) is 11.5 Å². The van der Waals surface area contributed by atoms with Gasteiger partial charge in [0, 0.05) is 25.1 Å². The number of nitrogens with zero attached hydrogens (tertiary/aromatic N) is 1. The molecule has 1 N–H and O–H groups in total. The minimum Gasteiger partial charge on any atom is -0.497 e. The predicted molar refractivity (Wildman–Crippen MR) is 131 cm³/mol. The van der Waals surface area contributed by atoms with Gasteiger partial charge in [-0.3, -0.25) is 9.59 Å². The summed E-state index contributed by atoms with van der Waals surface area (Å²) < 4.78 is 10.8. The molecule has 6 heteroatoms. The number of hydrogen-bond donors (Lipinski definition) is 1. The van der Waals surface area contributed by atoms with Crippen LogP contribution in [0.15, 0.2) is 72.8 Å². The first-order valence-electron chi connectivity index (χ1n) is 11.5. The number of hydrogen-bond acceptors (Lipinski definition) is 4. The molecular weight excluding hydrogens is 428 g/mol. The van der Waals surface area contributed by atoms with Gasteiger partial charge in [0.1, 0.15) is 17.0 Å². The van der Waals surface area contributed by atoms with E-state index in [1.165, 1.54) is 0 Å². The summed E-state index contributed by atoms with van der Waals surface area (Å²) in [6.07, 6.45) is 0.440. The topological polar surface area (TPSA) is 67.9 Å². The SMILES string of the molecule is CCOc1ccc(CN2C(=O)c3ccccc3C[C@]2(C)C(=O)NCc2cccc(OC)c2)cc1. The molecule has 0 aromatic heterocycles. The van der Waals surface area contributed by atoms with Gasteiger partial charge in [0.05, 0.1) is 13.7 Å². The minimum absolute atomic E-state index is 0.144. The zero-order valence-corrected chi connectivity index (χ0v) is 19.8. The van der Waals surface area contributed by atoms with Crippen molar-refractivity contribution in [2.75, 3.05) is 13.7 Å². The van der Waals surface area contributed by atoms with Crippen molar-refractivity contribution in [2.45, 2.75) is 38.9 Å². The average molecular weight is 459 g/mol. The lowest BCUT2D eigenvalue weighted by atomic mass is 9.82. The molecule has 3 aromatic rings. The number of amides is 2. The Morgan fingerprint density at radius 2 is 1.76 bits per heavy atom. The van der Waals surface area contributed by atoms with E-state index in [9.17, 15) is 9.59 Å². The van der Waals surface area contributed by atoms with Gasteiger partial charge in [-0.1, -0.05) is 42.5 Å². The predicted octanol–water partition coefficient (Wildman–Crippen LogP) is 4.37. The van der Waals surface area contributed by atoms with E-state index in [1.54, 1.807) is 12.0 Å². The number of carbonyl (C=O) groups is 2. The third-order valence-corrected chi connectivity index (χ3v) is 6.27. The van der Waals surface area contributed by atoms with Gasteiger partial charge in [0.2, 0.25) is 5.91 Å². The summed E-state index contributed by atoms with van der Waals surface area (Å²) in [6, 6.07) is 22.8. The average Bonchev–Trinajstić information content (AvgIpc) is 2.86. The Morgan fingerprint density at radius 3 is 2.50 bits per heavy atom. The largest absolute Gasteiger partial charge is 0.497 e. The lowest BCUT2D eigenvalue weighted by Gasteiger charge is -2.44. The second-order valence-corrected chi connectivity index (χ2v) is 8.61. The molecule has 1 aliphatic rings. The maximum Gasteiger partial charge on any atom is 0.255 e. The molecule has 0 saturated heterocycles. The number of nitrogens with one attached hydrogen (secondary N) is 1. The van der Waals surface area contributed by atoms with Crippen LogP contribution in [0.3, 0.4) is 0 Å².